The lowest BCUT2D eigenvalue weighted by Crippen LogP contribution is -2.43. The van der Waals surface area contributed by atoms with Crippen LogP contribution in [0, 0.1) is 11.3 Å². The summed E-state index contributed by atoms with van der Waals surface area (Å²) < 4.78 is 20.9. The molecule has 1 aliphatic carbocycles. The third kappa shape index (κ3) is 4.33. The summed E-state index contributed by atoms with van der Waals surface area (Å²) in [5.74, 6) is 0.974. The zero-order valence-electron chi connectivity index (χ0n) is 18.1. The second-order valence-electron chi connectivity index (χ2n) is 9.52. The normalized spacial score (nSPS) is 22.5. The van der Waals surface area contributed by atoms with Gasteiger partial charge in [0.1, 0.15) is 11.5 Å². The Morgan fingerprint density at radius 3 is 2.03 bits per heavy atom. The highest BCUT2D eigenvalue weighted by Gasteiger charge is 2.42. The predicted molar refractivity (Wildman–Crippen MR) is 125 cm³/mol. The molecule has 0 saturated heterocycles. The van der Waals surface area contributed by atoms with E-state index in [1.165, 1.54) is 6.42 Å². The molecular formula is C26H32NO2P. The molecule has 3 aromatic rings. The topological polar surface area (TPSA) is 42.2 Å². The summed E-state index contributed by atoms with van der Waals surface area (Å²) in [6, 6.07) is 23.9. The summed E-state index contributed by atoms with van der Waals surface area (Å²) in [5.41, 5.74) is 0.270. The summed E-state index contributed by atoms with van der Waals surface area (Å²) in [7, 11) is -3.06. The van der Waals surface area contributed by atoms with Crippen molar-refractivity contribution in [2.24, 2.45) is 11.3 Å². The van der Waals surface area contributed by atoms with Crippen LogP contribution in [0.5, 0.6) is 0 Å². The van der Waals surface area contributed by atoms with E-state index in [1.54, 1.807) is 6.26 Å². The molecule has 0 amide bonds. The fourth-order valence-electron chi connectivity index (χ4n) is 5.26. The van der Waals surface area contributed by atoms with E-state index in [9.17, 15) is 0 Å². The Balaban J connectivity index is 1.81. The number of benzene rings is 2. The van der Waals surface area contributed by atoms with E-state index in [2.05, 4.69) is 26.1 Å². The Kier molecular flexibility index (Phi) is 6.04. The van der Waals surface area contributed by atoms with Crippen LogP contribution in [0.2, 0.25) is 0 Å². The Morgan fingerprint density at radius 1 is 0.933 bits per heavy atom. The summed E-state index contributed by atoms with van der Waals surface area (Å²) in [5, 5.41) is 5.53. The SMILES string of the molecule is C[C@H]1C[C@@H](N[C@@H](c2ccco2)P(=O)(c2ccccc2)c2ccccc2)CC(C)(C)C1. The monoisotopic (exact) mass is 421 g/mol. The van der Waals surface area contributed by atoms with Gasteiger partial charge in [0.05, 0.1) is 6.26 Å². The molecule has 30 heavy (non-hydrogen) atoms. The lowest BCUT2D eigenvalue weighted by molar-refractivity contribution is 0.148. The second kappa shape index (κ2) is 8.57. The zero-order valence-corrected chi connectivity index (χ0v) is 19.0. The molecule has 0 spiro atoms. The quantitative estimate of drug-likeness (QED) is 0.489. The summed E-state index contributed by atoms with van der Waals surface area (Å²) in [6.07, 6.45) is 5.06. The average molecular weight is 422 g/mol. The molecule has 1 saturated carbocycles. The highest BCUT2D eigenvalue weighted by molar-refractivity contribution is 7.78. The molecule has 1 N–H and O–H groups in total. The fraction of sp³-hybridized carbons (Fsp3) is 0.385. The molecule has 1 fully saturated rings. The van der Waals surface area contributed by atoms with Gasteiger partial charge >= 0.3 is 0 Å². The van der Waals surface area contributed by atoms with E-state index in [4.69, 9.17) is 4.42 Å². The van der Waals surface area contributed by atoms with Crippen molar-refractivity contribution in [3.05, 3.63) is 84.8 Å². The van der Waals surface area contributed by atoms with Crippen molar-refractivity contribution < 1.29 is 8.98 Å². The molecule has 158 valence electrons. The summed E-state index contributed by atoms with van der Waals surface area (Å²) >= 11 is 0. The minimum absolute atomic E-state index is 0.270. The average Bonchev–Trinajstić information content (AvgIpc) is 3.26. The second-order valence-corrected chi connectivity index (χ2v) is 12.4. The van der Waals surface area contributed by atoms with Crippen LogP contribution in [-0.4, -0.2) is 6.04 Å². The number of hydrogen-bond acceptors (Lipinski definition) is 3. The maximum absolute atomic E-state index is 15.0. The van der Waals surface area contributed by atoms with Gasteiger partial charge in [0.25, 0.3) is 0 Å². The predicted octanol–water partition coefficient (Wildman–Crippen LogP) is 6.10. The smallest absolute Gasteiger partial charge is 0.166 e. The molecule has 2 aromatic carbocycles. The van der Waals surface area contributed by atoms with Crippen LogP contribution in [0.25, 0.3) is 0 Å². The van der Waals surface area contributed by atoms with Crippen molar-refractivity contribution in [3.8, 4) is 0 Å². The Hall–Kier alpha value is -2.09. The number of rotatable bonds is 6. The molecule has 0 unspecified atom stereocenters. The van der Waals surface area contributed by atoms with E-state index >= 15 is 4.57 Å². The Morgan fingerprint density at radius 2 is 1.53 bits per heavy atom. The van der Waals surface area contributed by atoms with E-state index < -0.39 is 12.9 Å². The maximum Gasteiger partial charge on any atom is 0.166 e. The van der Waals surface area contributed by atoms with Gasteiger partial charge in [-0.1, -0.05) is 81.4 Å². The molecule has 1 heterocycles. The lowest BCUT2D eigenvalue weighted by Gasteiger charge is -2.41. The minimum atomic E-state index is -3.06. The molecule has 1 aromatic heterocycles. The van der Waals surface area contributed by atoms with Crippen LogP contribution in [0.15, 0.2) is 83.5 Å². The molecule has 0 bridgehead atoms. The molecule has 4 rings (SSSR count). The molecule has 3 nitrogen and oxygen atoms in total. The van der Waals surface area contributed by atoms with E-state index in [0.717, 1.165) is 29.2 Å². The maximum atomic E-state index is 15.0. The van der Waals surface area contributed by atoms with E-state index in [1.807, 2.05) is 72.8 Å². The summed E-state index contributed by atoms with van der Waals surface area (Å²) in [4.78, 5) is 0. The van der Waals surface area contributed by atoms with Crippen molar-refractivity contribution in [3.63, 3.8) is 0 Å². The van der Waals surface area contributed by atoms with Gasteiger partial charge < -0.3 is 8.98 Å². The summed E-state index contributed by atoms with van der Waals surface area (Å²) in [6.45, 7) is 7.01. The van der Waals surface area contributed by atoms with Gasteiger partial charge in [-0.25, -0.2) is 0 Å². The third-order valence-electron chi connectivity index (χ3n) is 6.24. The van der Waals surface area contributed by atoms with Gasteiger partial charge in [0.15, 0.2) is 7.14 Å². The van der Waals surface area contributed by atoms with Crippen LogP contribution in [0.3, 0.4) is 0 Å². The van der Waals surface area contributed by atoms with Crippen molar-refractivity contribution in [2.75, 3.05) is 0 Å². The van der Waals surface area contributed by atoms with Gasteiger partial charge in [-0.3, -0.25) is 5.32 Å². The van der Waals surface area contributed by atoms with E-state index in [-0.39, 0.29) is 5.41 Å². The first-order valence-corrected chi connectivity index (χ1v) is 12.7. The fourth-order valence-corrected chi connectivity index (χ4v) is 8.31. The number of nitrogens with one attached hydrogen (secondary N) is 1. The molecule has 4 heteroatoms. The number of hydrogen-bond donors (Lipinski definition) is 1. The van der Waals surface area contributed by atoms with Crippen LogP contribution >= 0.6 is 7.14 Å². The van der Waals surface area contributed by atoms with Crippen LogP contribution in [0.1, 0.15) is 51.6 Å². The van der Waals surface area contributed by atoms with Gasteiger partial charge in [-0.05, 0) is 42.7 Å². The van der Waals surface area contributed by atoms with Crippen molar-refractivity contribution in [1.82, 2.24) is 5.32 Å². The zero-order chi connectivity index (χ0) is 21.2. The molecule has 3 atom stereocenters. The number of furan rings is 1. The Labute approximate surface area is 180 Å². The van der Waals surface area contributed by atoms with Crippen LogP contribution < -0.4 is 15.9 Å². The first-order chi connectivity index (χ1) is 14.4. The van der Waals surface area contributed by atoms with Crippen molar-refractivity contribution in [1.29, 1.82) is 0 Å². The molecular weight excluding hydrogens is 389 g/mol. The standard InChI is InChI=1S/C26H32NO2P/c1-20-17-21(19-26(2,3)18-20)27-25(24-15-10-16-29-24)30(28,22-11-6-4-7-12-22)23-13-8-5-9-14-23/h4-16,20-21,25,27H,17-19H2,1-3H3/t20-,21+,25+/m0/s1. The van der Waals surface area contributed by atoms with Gasteiger partial charge in [-0.2, -0.15) is 0 Å². The first-order valence-electron chi connectivity index (χ1n) is 10.9. The van der Waals surface area contributed by atoms with Crippen molar-refractivity contribution >= 4 is 17.8 Å². The lowest BCUT2D eigenvalue weighted by atomic mass is 9.70. The largest absolute Gasteiger partial charge is 0.467 e. The highest BCUT2D eigenvalue weighted by Crippen LogP contribution is 2.56. The van der Waals surface area contributed by atoms with Crippen LogP contribution in [-0.2, 0) is 4.57 Å². The first kappa shape index (κ1) is 21.2. The van der Waals surface area contributed by atoms with Crippen molar-refractivity contribution in [2.45, 2.75) is 51.9 Å². The van der Waals surface area contributed by atoms with E-state index in [0.29, 0.717) is 12.0 Å². The third-order valence-corrected chi connectivity index (χ3v) is 9.50. The molecule has 1 aliphatic rings. The van der Waals surface area contributed by atoms with Gasteiger partial charge in [0.2, 0.25) is 0 Å². The minimum Gasteiger partial charge on any atom is -0.467 e. The van der Waals surface area contributed by atoms with Gasteiger partial charge in [-0.15, -0.1) is 0 Å². The van der Waals surface area contributed by atoms with Gasteiger partial charge in [0, 0.05) is 16.7 Å². The molecule has 0 aliphatic heterocycles. The highest BCUT2D eigenvalue weighted by atomic mass is 31.2. The van der Waals surface area contributed by atoms with Crippen LogP contribution in [0.4, 0.5) is 0 Å². The molecule has 0 radical (unpaired) electrons. The Bertz CT molecular complexity index is 939.